The second-order valence-electron chi connectivity index (χ2n) is 10.9. The molecule has 0 aliphatic carbocycles. The zero-order valence-corrected chi connectivity index (χ0v) is 22.6. The Labute approximate surface area is 226 Å². The molecular formula is C31H39N5O2. The molecule has 3 aromatic rings. The molecule has 0 spiro atoms. The largest absolute Gasteiger partial charge is 0.335 e. The third-order valence-electron chi connectivity index (χ3n) is 7.95. The Morgan fingerprint density at radius 1 is 0.947 bits per heavy atom. The highest BCUT2D eigenvalue weighted by atomic mass is 16.2. The fraction of sp³-hybridized carbons (Fsp3) is 0.452. The van der Waals surface area contributed by atoms with E-state index in [2.05, 4.69) is 46.4 Å². The van der Waals surface area contributed by atoms with Gasteiger partial charge in [-0.15, -0.1) is 0 Å². The number of anilines is 1. The highest BCUT2D eigenvalue weighted by Gasteiger charge is 2.35. The molecule has 1 aromatic heterocycles. The van der Waals surface area contributed by atoms with Crippen molar-refractivity contribution in [3.63, 3.8) is 0 Å². The fourth-order valence-corrected chi connectivity index (χ4v) is 5.97. The minimum atomic E-state index is -0.106. The fourth-order valence-electron chi connectivity index (χ4n) is 5.97. The maximum absolute atomic E-state index is 13.7. The third-order valence-corrected chi connectivity index (χ3v) is 7.95. The number of fused-ring (bicyclic) bond motifs is 3. The van der Waals surface area contributed by atoms with Gasteiger partial charge >= 0.3 is 0 Å². The number of piperidine rings is 1. The van der Waals surface area contributed by atoms with E-state index in [1.165, 1.54) is 5.56 Å². The van der Waals surface area contributed by atoms with Crippen LogP contribution in [0.15, 0.2) is 73.1 Å². The minimum Gasteiger partial charge on any atom is -0.335 e. The molecule has 0 saturated carbocycles. The number of carbonyl (C=O) groups excluding carboxylic acids is 2. The Hall–Kier alpha value is -3.45. The van der Waals surface area contributed by atoms with Gasteiger partial charge in [0.15, 0.2) is 0 Å². The summed E-state index contributed by atoms with van der Waals surface area (Å²) in [5, 5.41) is 4.28. The summed E-state index contributed by atoms with van der Waals surface area (Å²) in [6, 6.07) is 21.2. The molecule has 2 atom stereocenters. The number of nitrogens with zero attached hydrogens (tertiary/aromatic N) is 5. The first kappa shape index (κ1) is 26.2. The Balaban J connectivity index is 1.53. The van der Waals surface area contributed by atoms with Gasteiger partial charge < -0.3 is 9.80 Å². The molecule has 7 heteroatoms. The summed E-state index contributed by atoms with van der Waals surface area (Å²) in [6.45, 7) is 6.80. The molecule has 2 aromatic carbocycles. The Kier molecular flexibility index (Phi) is 8.23. The molecule has 2 aliphatic heterocycles. The van der Waals surface area contributed by atoms with E-state index in [1.54, 1.807) is 10.9 Å². The van der Waals surface area contributed by atoms with E-state index in [0.717, 1.165) is 43.5 Å². The topological polar surface area (TPSA) is 61.7 Å². The second-order valence-corrected chi connectivity index (χ2v) is 10.9. The second kappa shape index (κ2) is 11.9. The molecule has 7 nitrogen and oxygen atoms in total. The molecule has 0 N–H and O–H groups in total. The summed E-state index contributed by atoms with van der Waals surface area (Å²) in [7, 11) is 0. The van der Waals surface area contributed by atoms with E-state index >= 15 is 0 Å². The number of carbonyl (C=O) groups is 2. The number of para-hydroxylation sites is 1. The standard InChI is InChI=1S/C31H39N5O2/c1-24(2)31(38)35-19-16-27-13-8-14-28(36(27)20-25-10-4-3-5-11-25)22-33(21-26-12-6-7-15-29(26)35)30(37)23-34-18-9-17-32-34/h3-7,9-12,15,17-18,24,27-28H,8,13-14,16,19-23H2,1-2H3. The van der Waals surface area contributed by atoms with Crippen molar-refractivity contribution < 1.29 is 9.59 Å². The van der Waals surface area contributed by atoms with Crippen LogP contribution < -0.4 is 4.90 Å². The van der Waals surface area contributed by atoms with E-state index in [9.17, 15) is 9.59 Å². The average molecular weight is 514 g/mol. The monoisotopic (exact) mass is 513 g/mol. The molecular weight excluding hydrogens is 474 g/mol. The van der Waals surface area contributed by atoms with Gasteiger partial charge in [-0.05, 0) is 42.5 Å². The van der Waals surface area contributed by atoms with Crippen LogP contribution in [0.3, 0.4) is 0 Å². The Morgan fingerprint density at radius 3 is 2.47 bits per heavy atom. The summed E-state index contributed by atoms with van der Waals surface area (Å²) in [6.07, 6.45) is 7.75. The number of hydrogen-bond donors (Lipinski definition) is 0. The highest BCUT2D eigenvalue weighted by molar-refractivity contribution is 5.95. The van der Waals surface area contributed by atoms with Gasteiger partial charge in [0.05, 0.1) is 0 Å². The van der Waals surface area contributed by atoms with Gasteiger partial charge in [-0.25, -0.2) is 0 Å². The van der Waals surface area contributed by atoms with Crippen molar-refractivity contribution in [2.75, 3.05) is 18.0 Å². The van der Waals surface area contributed by atoms with E-state index in [0.29, 0.717) is 25.7 Å². The van der Waals surface area contributed by atoms with Crippen molar-refractivity contribution in [1.82, 2.24) is 19.6 Å². The predicted octanol–water partition coefficient (Wildman–Crippen LogP) is 4.73. The molecule has 0 radical (unpaired) electrons. The molecule has 2 amide bonds. The van der Waals surface area contributed by atoms with Crippen molar-refractivity contribution in [3.05, 3.63) is 84.2 Å². The van der Waals surface area contributed by atoms with Crippen LogP contribution >= 0.6 is 0 Å². The van der Waals surface area contributed by atoms with Crippen LogP contribution in [0.4, 0.5) is 5.69 Å². The van der Waals surface area contributed by atoms with Crippen molar-refractivity contribution in [2.24, 2.45) is 5.92 Å². The maximum Gasteiger partial charge on any atom is 0.244 e. The number of amides is 2. The molecule has 1 saturated heterocycles. The van der Waals surface area contributed by atoms with Crippen molar-refractivity contribution in [2.45, 2.75) is 71.2 Å². The zero-order chi connectivity index (χ0) is 26.5. The van der Waals surface area contributed by atoms with Crippen LogP contribution in [0.1, 0.15) is 50.7 Å². The summed E-state index contributed by atoms with van der Waals surface area (Å²) >= 11 is 0. The van der Waals surface area contributed by atoms with Gasteiger partial charge in [0.25, 0.3) is 0 Å². The lowest BCUT2D eigenvalue weighted by molar-refractivity contribution is -0.134. The van der Waals surface area contributed by atoms with Crippen molar-refractivity contribution in [3.8, 4) is 0 Å². The Morgan fingerprint density at radius 2 is 1.71 bits per heavy atom. The first-order valence-corrected chi connectivity index (χ1v) is 13.9. The van der Waals surface area contributed by atoms with E-state index in [1.807, 2.05) is 54.1 Å². The summed E-state index contributed by atoms with van der Waals surface area (Å²) in [5.74, 6) is 0.0737. The van der Waals surface area contributed by atoms with Crippen LogP contribution in [0, 0.1) is 5.92 Å². The van der Waals surface area contributed by atoms with E-state index in [4.69, 9.17) is 0 Å². The van der Waals surface area contributed by atoms with Crippen LogP contribution in [0.25, 0.3) is 0 Å². The smallest absolute Gasteiger partial charge is 0.244 e. The molecule has 200 valence electrons. The number of hydrogen-bond acceptors (Lipinski definition) is 4. The quantitative estimate of drug-likeness (QED) is 0.495. The van der Waals surface area contributed by atoms with Crippen molar-refractivity contribution >= 4 is 17.5 Å². The van der Waals surface area contributed by atoms with Gasteiger partial charge in [-0.2, -0.15) is 5.10 Å². The van der Waals surface area contributed by atoms with Crippen LogP contribution in [-0.4, -0.2) is 56.6 Å². The number of benzene rings is 2. The minimum absolute atomic E-state index is 0.0475. The predicted molar refractivity (Wildman–Crippen MR) is 149 cm³/mol. The lowest BCUT2D eigenvalue weighted by atomic mass is 9.92. The van der Waals surface area contributed by atoms with Crippen LogP contribution in [0.2, 0.25) is 0 Å². The van der Waals surface area contributed by atoms with Crippen LogP contribution in [-0.2, 0) is 29.2 Å². The first-order chi connectivity index (χ1) is 18.5. The highest BCUT2D eigenvalue weighted by Crippen LogP contribution is 2.32. The van der Waals surface area contributed by atoms with Gasteiger partial charge in [0.1, 0.15) is 6.54 Å². The van der Waals surface area contributed by atoms with Gasteiger partial charge in [0.2, 0.25) is 11.8 Å². The zero-order valence-electron chi connectivity index (χ0n) is 22.6. The lowest BCUT2D eigenvalue weighted by Gasteiger charge is -2.44. The van der Waals surface area contributed by atoms with E-state index < -0.39 is 0 Å². The molecule has 2 unspecified atom stereocenters. The molecule has 2 bridgehead atoms. The normalized spacial score (nSPS) is 20.6. The average Bonchev–Trinajstić information content (AvgIpc) is 3.43. The molecule has 3 heterocycles. The van der Waals surface area contributed by atoms with Crippen molar-refractivity contribution in [1.29, 1.82) is 0 Å². The SMILES string of the molecule is CC(C)C(=O)N1CCC2CCCC(CN(C(=O)Cn3cccn3)Cc3ccccc31)N2Cc1ccccc1. The molecule has 1 fully saturated rings. The summed E-state index contributed by atoms with van der Waals surface area (Å²) in [4.78, 5) is 33.8. The van der Waals surface area contributed by atoms with Crippen LogP contribution in [0.5, 0.6) is 0 Å². The summed E-state index contributed by atoms with van der Waals surface area (Å²) < 4.78 is 1.69. The number of rotatable bonds is 5. The summed E-state index contributed by atoms with van der Waals surface area (Å²) in [5.41, 5.74) is 3.22. The maximum atomic E-state index is 13.7. The number of aromatic nitrogens is 2. The lowest BCUT2D eigenvalue weighted by Crippen LogP contribution is -2.52. The van der Waals surface area contributed by atoms with Gasteiger partial charge in [-0.3, -0.25) is 19.2 Å². The van der Waals surface area contributed by atoms with Gasteiger partial charge in [-0.1, -0.05) is 68.8 Å². The molecule has 2 aliphatic rings. The third kappa shape index (κ3) is 5.99. The van der Waals surface area contributed by atoms with E-state index in [-0.39, 0.29) is 30.3 Å². The molecule has 38 heavy (non-hydrogen) atoms. The molecule has 5 rings (SSSR count). The first-order valence-electron chi connectivity index (χ1n) is 13.9. The Bertz CT molecular complexity index is 1210. The van der Waals surface area contributed by atoms with Gasteiger partial charge in [0, 0.05) is 62.3 Å².